The van der Waals surface area contributed by atoms with Crippen molar-refractivity contribution in [2.45, 2.75) is 12.8 Å². The number of ether oxygens (including phenoxy) is 1. The van der Waals surface area contributed by atoms with Gasteiger partial charge in [-0.05, 0) is 61.4 Å². The predicted octanol–water partition coefficient (Wildman–Crippen LogP) is 4.41. The summed E-state index contributed by atoms with van der Waals surface area (Å²) in [4.78, 5) is 21.7. The van der Waals surface area contributed by atoms with Crippen molar-refractivity contribution in [3.8, 4) is 22.5 Å². The lowest BCUT2D eigenvalue weighted by atomic mass is 10.0. The molecule has 2 aromatic carbocycles. The summed E-state index contributed by atoms with van der Waals surface area (Å²) < 4.78 is 31.8. The molecule has 0 bridgehead atoms. The van der Waals surface area contributed by atoms with Gasteiger partial charge < -0.3 is 14.7 Å². The molecule has 0 aliphatic rings. The fraction of sp³-hybridized carbons (Fsp3) is 0.261. The standard InChI is InChI=1S/C23H23F2N3O3/c1-28(12-2-3-13-31-15-21(29)30)20-14-26-22(16-4-8-18(24)9-5-16)23(27-20)17-6-10-19(25)11-7-17/h4-11,14H,2-3,12-13,15H2,1H3,(H,29,30). The average molecular weight is 427 g/mol. The fourth-order valence-corrected chi connectivity index (χ4v) is 3.02. The zero-order chi connectivity index (χ0) is 22.2. The van der Waals surface area contributed by atoms with Gasteiger partial charge in [0.2, 0.25) is 0 Å². The fourth-order valence-electron chi connectivity index (χ4n) is 3.02. The highest BCUT2D eigenvalue weighted by Crippen LogP contribution is 2.30. The van der Waals surface area contributed by atoms with E-state index in [4.69, 9.17) is 14.8 Å². The Labute approximate surface area is 179 Å². The minimum Gasteiger partial charge on any atom is -0.480 e. The Morgan fingerprint density at radius 3 is 2.13 bits per heavy atom. The van der Waals surface area contributed by atoms with Gasteiger partial charge in [0.05, 0.1) is 17.6 Å². The van der Waals surface area contributed by atoms with Crippen LogP contribution in [0.1, 0.15) is 12.8 Å². The smallest absolute Gasteiger partial charge is 0.329 e. The molecular weight excluding hydrogens is 404 g/mol. The highest BCUT2D eigenvalue weighted by Gasteiger charge is 2.14. The van der Waals surface area contributed by atoms with E-state index in [9.17, 15) is 13.6 Å². The van der Waals surface area contributed by atoms with Crippen molar-refractivity contribution in [1.82, 2.24) is 9.97 Å². The molecule has 0 fully saturated rings. The monoisotopic (exact) mass is 427 g/mol. The summed E-state index contributed by atoms with van der Waals surface area (Å²) in [5, 5.41) is 8.57. The van der Waals surface area contributed by atoms with E-state index in [1.165, 1.54) is 24.3 Å². The van der Waals surface area contributed by atoms with Crippen LogP contribution in [0, 0.1) is 11.6 Å². The maximum atomic E-state index is 13.4. The zero-order valence-electron chi connectivity index (χ0n) is 17.1. The molecule has 0 aliphatic carbocycles. The quantitative estimate of drug-likeness (QED) is 0.483. The van der Waals surface area contributed by atoms with Gasteiger partial charge in [0.1, 0.15) is 24.1 Å². The van der Waals surface area contributed by atoms with Crippen LogP contribution in [0.15, 0.2) is 54.7 Å². The Hall–Kier alpha value is -3.39. The second kappa shape index (κ2) is 10.6. The summed E-state index contributed by atoms with van der Waals surface area (Å²) in [7, 11) is 1.88. The molecule has 0 saturated heterocycles. The summed E-state index contributed by atoms with van der Waals surface area (Å²) in [6, 6.07) is 12.0. The number of anilines is 1. The number of hydrogen-bond donors (Lipinski definition) is 1. The van der Waals surface area contributed by atoms with Crippen LogP contribution >= 0.6 is 0 Å². The van der Waals surface area contributed by atoms with E-state index in [-0.39, 0.29) is 18.2 Å². The summed E-state index contributed by atoms with van der Waals surface area (Å²) in [5.74, 6) is -1.04. The van der Waals surface area contributed by atoms with E-state index in [2.05, 4.69) is 4.98 Å². The summed E-state index contributed by atoms with van der Waals surface area (Å²) in [5.41, 5.74) is 2.55. The summed E-state index contributed by atoms with van der Waals surface area (Å²) >= 11 is 0. The van der Waals surface area contributed by atoms with Crippen LogP contribution in [0.3, 0.4) is 0 Å². The first-order valence-electron chi connectivity index (χ1n) is 9.83. The van der Waals surface area contributed by atoms with Crippen molar-refractivity contribution >= 4 is 11.8 Å². The first kappa shape index (κ1) is 22.3. The van der Waals surface area contributed by atoms with Crippen LogP contribution in [0.5, 0.6) is 0 Å². The number of aliphatic carboxylic acids is 1. The molecule has 0 amide bonds. The van der Waals surface area contributed by atoms with E-state index in [1.807, 2.05) is 11.9 Å². The second-order valence-electron chi connectivity index (χ2n) is 7.01. The predicted molar refractivity (Wildman–Crippen MR) is 114 cm³/mol. The van der Waals surface area contributed by atoms with Gasteiger partial charge in [-0.25, -0.2) is 18.6 Å². The Balaban J connectivity index is 1.79. The molecule has 1 aromatic heterocycles. The van der Waals surface area contributed by atoms with Crippen molar-refractivity contribution < 1.29 is 23.4 Å². The molecule has 0 saturated carbocycles. The van der Waals surface area contributed by atoms with E-state index in [0.717, 1.165) is 6.42 Å². The molecule has 1 N–H and O–H groups in total. The molecule has 6 nitrogen and oxygen atoms in total. The van der Waals surface area contributed by atoms with E-state index >= 15 is 0 Å². The lowest BCUT2D eigenvalue weighted by Crippen LogP contribution is -2.21. The number of benzene rings is 2. The second-order valence-corrected chi connectivity index (χ2v) is 7.01. The third kappa shape index (κ3) is 6.29. The SMILES string of the molecule is CN(CCCCOCC(=O)O)c1cnc(-c2ccc(F)cc2)c(-c2ccc(F)cc2)n1. The molecule has 31 heavy (non-hydrogen) atoms. The van der Waals surface area contributed by atoms with Gasteiger partial charge in [0.15, 0.2) is 0 Å². The lowest BCUT2D eigenvalue weighted by molar-refractivity contribution is -0.142. The Bertz CT molecular complexity index is 1010. The number of unbranched alkanes of at least 4 members (excludes halogenated alkanes) is 1. The summed E-state index contributed by atoms with van der Waals surface area (Å²) in [6.45, 7) is 0.743. The first-order valence-corrected chi connectivity index (χ1v) is 9.83. The van der Waals surface area contributed by atoms with E-state index < -0.39 is 5.97 Å². The highest BCUT2D eigenvalue weighted by atomic mass is 19.1. The van der Waals surface area contributed by atoms with Crippen molar-refractivity contribution in [2.75, 3.05) is 31.7 Å². The highest BCUT2D eigenvalue weighted by molar-refractivity contribution is 5.78. The van der Waals surface area contributed by atoms with Gasteiger partial charge in [-0.3, -0.25) is 4.98 Å². The van der Waals surface area contributed by atoms with E-state index in [1.54, 1.807) is 30.5 Å². The zero-order valence-corrected chi connectivity index (χ0v) is 17.1. The number of nitrogens with zero attached hydrogens (tertiary/aromatic N) is 3. The number of carboxylic acids is 1. The molecule has 0 spiro atoms. The van der Waals surface area contributed by atoms with Crippen LogP contribution in [0.25, 0.3) is 22.5 Å². The molecule has 1 heterocycles. The summed E-state index contributed by atoms with van der Waals surface area (Å²) in [6.07, 6.45) is 3.14. The maximum Gasteiger partial charge on any atom is 0.329 e. The number of carbonyl (C=O) groups is 1. The third-order valence-corrected chi connectivity index (χ3v) is 4.64. The molecule has 3 aromatic rings. The van der Waals surface area contributed by atoms with Gasteiger partial charge >= 0.3 is 5.97 Å². The van der Waals surface area contributed by atoms with Crippen LogP contribution in [-0.2, 0) is 9.53 Å². The molecule has 162 valence electrons. The number of aromatic nitrogens is 2. The molecule has 3 rings (SSSR count). The number of carboxylic acid groups (broad SMARTS) is 1. The third-order valence-electron chi connectivity index (χ3n) is 4.64. The lowest BCUT2D eigenvalue weighted by Gasteiger charge is -2.20. The molecule has 0 unspecified atom stereocenters. The molecule has 8 heteroatoms. The minimum atomic E-state index is -0.984. The van der Waals surface area contributed by atoms with Gasteiger partial charge in [-0.15, -0.1) is 0 Å². The minimum absolute atomic E-state index is 0.298. The van der Waals surface area contributed by atoms with Crippen molar-refractivity contribution in [3.63, 3.8) is 0 Å². The Morgan fingerprint density at radius 2 is 1.55 bits per heavy atom. The van der Waals surface area contributed by atoms with Gasteiger partial charge in [-0.1, -0.05) is 0 Å². The first-order chi connectivity index (χ1) is 14.9. The van der Waals surface area contributed by atoms with Crippen LogP contribution in [-0.4, -0.2) is 47.8 Å². The van der Waals surface area contributed by atoms with Crippen molar-refractivity contribution in [2.24, 2.45) is 0 Å². The van der Waals surface area contributed by atoms with Crippen LogP contribution in [0.4, 0.5) is 14.6 Å². The molecule has 0 aliphatic heterocycles. The normalized spacial score (nSPS) is 10.8. The van der Waals surface area contributed by atoms with Gasteiger partial charge in [-0.2, -0.15) is 0 Å². The van der Waals surface area contributed by atoms with E-state index in [0.29, 0.717) is 47.9 Å². The van der Waals surface area contributed by atoms with Crippen molar-refractivity contribution in [3.05, 3.63) is 66.4 Å². The number of hydrogen-bond acceptors (Lipinski definition) is 5. The Morgan fingerprint density at radius 1 is 0.968 bits per heavy atom. The topological polar surface area (TPSA) is 75.5 Å². The van der Waals surface area contributed by atoms with Crippen LogP contribution in [0.2, 0.25) is 0 Å². The number of rotatable bonds is 10. The average Bonchev–Trinajstić information content (AvgIpc) is 2.76. The largest absolute Gasteiger partial charge is 0.480 e. The van der Waals surface area contributed by atoms with Gasteiger partial charge in [0, 0.05) is 31.3 Å². The molecular formula is C23H23F2N3O3. The molecule has 0 atom stereocenters. The number of halogens is 2. The van der Waals surface area contributed by atoms with Crippen LogP contribution < -0.4 is 4.90 Å². The Kier molecular flexibility index (Phi) is 7.61. The molecule has 0 radical (unpaired) electrons. The van der Waals surface area contributed by atoms with Gasteiger partial charge in [0.25, 0.3) is 0 Å². The maximum absolute atomic E-state index is 13.4. The van der Waals surface area contributed by atoms with Crippen molar-refractivity contribution in [1.29, 1.82) is 0 Å².